The molecule has 2 rings (SSSR count). The minimum atomic E-state index is -0.425. The Morgan fingerprint density at radius 1 is 1.25 bits per heavy atom. The van der Waals surface area contributed by atoms with E-state index >= 15 is 0 Å². The molecule has 20 heavy (non-hydrogen) atoms. The molecule has 1 unspecified atom stereocenters. The maximum Gasteiger partial charge on any atom is 0.269 e. The Bertz CT molecular complexity index is 469. The highest BCUT2D eigenvalue weighted by Crippen LogP contribution is 2.22. The van der Waals surface area contributed by atoms with E-state index in [9.17, 15) is 14.9 Å². The van der Waals surface area contributed by atoms with Crippen molar-refractivity contribution >= 4 is 17.7 Å². The second kappa shape index (κ2) is 6.47. The summed E-state index contributed by atoms with van der Waals surface area (Å²) >= 11 is 0. The van der Waals surface area contributed by atoms with Crippen LogP contribution in [0.5, 0.6) is 0 Å². The average Bonchev–Trinajstić information content (AvgIpc) is 2.49. The average molecular weight is 277 g/mol. The van der Waals surface area contributed by atoms with Gasteiger partial charge in [0, 0.05) is 38.0 Å². The number of hydrogen-bond acceptors (Lipinski definition) is 5. The predicted molar refractivity (Wildman–Crippen MR) is 76.8 cm³/mol. The van der Waals surface area contributed by atoms with Crippen molar-refractivity contribution in [3.63, 3.8) is 0 Å². The van der Waals surface area contributed by atoms with Gasteiger partial charge in [-0.3, -0.25) is 19.8 Å². The van der Waals surface area contributed by atoms with Crippen LogP contribution in [-0.2, 0) is 4.79 Å². The van der Waals surface area contributed by atoms with Crippen molar-refractivity contribution in [3.05, 3.63) is 34.4 Å². The number of likely N-dealkylation sites (N-methyl/N-ethyl adjacent to an activating group) is 1. The molecule has 0 aromatic heterocycles. The normalized spacial score (nSPS) is 17.4. The summed E-state index contributed by atoms with van der Waals surface area (Å²) in [5, 5.41) is 10.6. The monoisotopic (exact) mass is 277 g/mol. The Hall–Kier alpha value is -1.95. The van der Waals surface area contributed by atoms with E-state index in [-0.39, 0.29) is 11.9 Å². The van der Waals surface area contributed by atoms with E-state index in [0.717, 1.165) is 37.9 Å². The standard InChI is InChI=1S/C14H19N3O3/c1-15(12-5-7-13(8-6-12)17(19)20)14(11-18)16-9-3-2-4-10-16/h5-8,11,14H,2-4,9-10H2,1H3. The van der Waals surface area contributed by atoms with Gasteiger partial charge in [-0.05, 0) is 25.0 Å². The zero-order valence-electron chi connectivity index (χ0n) is 11.6. The lowest BCUT2D eigenvalue weighted by Crippen LogP contribution is -2.50. The van der Waals surface area contributed by atoms with Gasteiger partial charge in [-0.2, -0.15) is 0 Å². The fourth-order valence-corrected chi connectivity index (χ4v) is 2.57. The van der Waals surface area contributed by atoms with Crippen molar-refractivity contribution in [2.45, 2.75) is 25.4 Å². The van der Waals surface area contributed by atoms with Gasteiger partial charge in [0.05, 0.1) is 4.92 Å². The third kappa shape index (κ3) is 3.14. The fraction of sp³-hybridized carbons (Fsp3) is 0.500. The van der Waals surface area contributed by atoms with E-state index in [1.165, 1.54) is 18.6 Å². The number of benzene rings is 1. The van der Waals surface area contributed by atoms with Gasteiger partial charge in [0.25, 0.3) is 5.69 Å². The number of carbonyl (C=O) groups is 1. The zero-order chi connectivity index (χ0) is 14.5. The number of non-ortho nitro benzene ring substituents is 1. The van der Waals surface area contributed by atoms with Crippen molar-refractivity contribution in [1.82, 2.24) is 4.90 Å². The van der Waals surface area contributed by atoms with E-state index in [0.29, 0.717) is 0 Å². The molecule has 0 spiro atoms. The lowest BCUT2D eigenvalue weighted by atomic mass is 10.1. The van der Waals surface area contributed by atoms with Gasteiger partial charge in [0.1, 0.15) is 6.17 Å². The maximum atomic E-state index is 11.4. The molecular weight excluding hydrogens is 258 g/mol. The van der Waals surface area contributed by atoms with E-state index in [2.05, 4.69) is 4.90 Å². The van der Waals surface area contributed by atoms with E-state index in [1.54, 1.807) is 12.1 Å². The molecule has 1 aliphatic rings. The number of likely N-dealkylation sites (tertiary alicyclic amines) is 1. The molecule has 0 saturated carbocycles. The molecule has 1 saturated heterocycles. The first kappa shape index (κ1) is 14.5. The number of rotatable bonds is 5. The SMILES string of the molecule is CN(c1ccc([N+](=O)[O-])cc1)C(C=O)N1CCCCC1. The third-order valence-electron chi connectivity index (χ3n) is 3.75. The number of nitro groups is 1. The van der Waals surface area contributed by atoms with Crippen molar-refractivity contribution in [2.75, 3.05) is 25.0 Å². The Morgan fingerprint density at radius 3 is 2.35 bits per heavy atom. The summed E-state index contributed by atoms with van der Waals surface area (Å²) in [6, 6.07) is 6.28. The van der Waals surface area contributed by atoms with Crippen molar-refractivity contribution in [3.8, 4) is 0 Å². The summed E-state index contributed by atoms with van der Waals surface area (Å²) < 4.78 is 0. The molecule has 1 aromatic carbocycles. The summed E-state index contributed by atoms with van der Waals surface area (Å²) in [6.07, 6.45) is 4.06. The second-order valence-electron chi connectivity index (χ2n) is 5.03. The number of carbonyl (C=O) groups excluding carboxylic acids is 1. The van der Waals surface area contributed by atoms with Crippen LogP contribution < -0.4 is 4.90 Å². The Kier molecular flexibility index (Phi) is 4.68. The molecule has 0 amide bonds. The lowest BCUT2D eigenvalue weighted by Gasteiger charge is -2.37. The predicted octanol–water partition coefficient (Wildman–Crippen LogP) is 2.04. The number of nitro benzene ring substituents is 1. The summed E-state index contributed by atoms with van der Waals surface area (Å²) in [4.78, 5) is 25.6. The summed E-state index contributed by atoms with van der Waals surface area (Å²) in [5.41, 5.74) is 0.862. The topological polar surface area (TPSA) is 66.7 Å². The number of aldehydes is 1. The van der Waals surface area contributed by atoms with Crippen LogP contribution in [0.1, 0.15) is 19.3 Å². The molecule has 1 aromatic rings. The van der Waals surface area contributed by atoms with Gasteiger partial charge in [-0.25, -0.2) is 0 Å². The number of hydrogen-bond donors (Lipinski definition) is 0. The van der Waals surface area contributed by atoms with Crippen LogP contribution in [-0.4, -0.2) is 42.4 Å². The van der Waals surface area contributed by atoms with Crippen LogP contribution in [0.3, 0.4) is 0 Å². The third-order valence-corrected chi connectivity index (χ3v) is 3.75. The summed E-state index contributed by atoms with van der Waals surface area (Å²) in [5.74, 6) is 0. The van der Waals surface area contributed by atoms with Crippen LogP contribution in [0, 0.1) is 10.1 Å². The Morgan fingerprint density at radius 2 is 1.85 bits per heavy atom. The molecule has 6 heteroatoms. The van der Waals surface area contributed by atoms with Crippen molar-refractivity contribution in [1.29, 1.82) is 0 Å². The Balaban J connectivity index is 2.12. The minimum absolute atomic E-state index is 0.0581. The molecule has 0 radical (unpaired) electrons. The maximum absolute atomic E-state index is 11.4. The first-order chi connectivity index (χ1) is 9.63. The van der Waals surface area contributed by atoms with Gasteiger partial charge >= 0.3 is 0 Å². The highest BCUT2D eigenvalue weighted by molar-refractivity contribution is 5.65. The smallest absolute Gasteiger partial charge is 0.269 e. The van der Waals surface area contributed by atoms with Crippen LogP contribution in [0.25, 0.3) is 0 Å². The highest BCUT2D eigenvalue weighted by Gasteiger charge is 2.24. The molecule has 1 heterocycles. The van der Waals surface area contributed by atoms with Crippen LogP contribution in [0.4, 0.5) is 11.4 Å². The Labute approximate surface area is 118 Å². The first-order valence-electron chi connectivity index (χ1n) is 6.80. The van der Waals surface area contributed by atoms with Crippen LogP contribution in [0.2, 0.25) is 0 Å². The largest absolute Gasteiger partial charge is 0.353 e. The number of nitrogens with zero attached hydrogens (tertiary/aromatic N) is 3. The summed E-state index contributed by atoms with van der Waals surface area (Å²) in [7, 11) is 1.84. The van der Waals surface area contributed by atoms with Crippen LogP contribution >= 0.6 is 0 Å². The fourth-order valence-electron chi connectivity index (χ4n) is 2.57. The molecule has 1 aliphatic heterocycles. The van der Waals surface area contributed by atoms with Gasteiger partial charge in [-0.1, -0.05) is 6.42 Å². The molecule has 0 aliphatic carbocycles. The van der Waals surface area contributed by atoms with Gasteiger partial charge in [0.2, 0.25) is 0 Å². The van der Waals surface area contributed by atoms with Crippen molar-refractivity contribution in [2.24, 2.45) is 0 Å². The van der Waals surface area contributed by atoms with Gasteiger partial charge < -0.3 is 4.90 Å². The molecule has 0 N–H and O–H groups in total. The molecular formula is C14H19N3O3. The minimum Gasteiger partial charge on any atom is -0.353 e. The molecule has 0 bridgehead atoms. The lowest BCUT2D eigenvalue weighted by molar-refractivity contribution is -0.384. The zero-order valence-corrected chi connectivity index (χ0v) is 11.6. The quantitative estimate of drug-likeness (QED) is 0.468. The van der Waals surface area contributed by atoms with E-state index in [1.807, 2.05) is 11.9 Å². The number of piperidine rings is 1. The molecule has 1 fully saturated rings. The second-order valence-corrected chi connectivity index (χ2v) is 5.03. The van der Waals surface area contributed by atoms with E-state index < -0.39 is 4.92 Å². The molecule has 1 atom stereocenters. The van der Waals surface area contributed by atoms with Crippen molar-refractivity contribution < 1.29 is 9.72 Å². The summed E-state index contributed by atoms with van der Waals surface area (Å²) in [6.45, 7) is 1.83. The number of anilines is 1. The van der Waals surface area contributed by atoms with Gasteiger partial charge in [-0.15, -0.1) is 0 Å². The van der Waals surface area contributed by atoms with Gasteiger partial charge in [0.15, 0.2) is 6.29 Å². The molecule has 6 nitrogen and oxygen atoms in total. The van der Waals surface area contributed by atoms with Crippen LogP contribution in [0.15, 0.2) is 24.3 Å². The highest BCUT2D eigenvalue weighted by atomic mass is 16.6. The molecule has 108 valence electrons. The van der Waals surface area contributed by atoms with E-state index in [4.69, 9.17) is 0 Å². The first-order valence-corrected chi connectivity index (χ1v) is 6.80.